The Kier molecular flexibility index (Phi) is 4.94. The lowest BCUT2D eigenvalue weighted by molar-refractivity contribution is -0.129. The molecule has 6 nitrogen and oxygen atoms in total. The zero-order valence-corrected chi connectivity index (χ0v) is 14.0. The first-order valence-electron chi connectivity index (χ1n) is 7.71. The highest BCUT2D eigenvalue weighted by Crippen LogP contribution is 2.35. The van der Waals surface area contributed by atoms with E-state index in [1.54, 1.807) is 17.0 Å². The number of alkyl halides is 2. The second kappa shape index (κ2) is 6.99. The van der Waals surface area contributed by atoms with Gasteiger partial charge in [0.2, 0.25) is 0 Å². The number of oxime groups is 1. The Labute approximate surface area is 146 Å². The van der Waals surface area contributed by atoms with Gasteiger partial charge in [-0.15, -0.1) is 0 Å². The monoisotopic (exact) mass is 370 g/mol. The van der Waals surface area contributed by atoms with E-state index < -0.39 is 17.3 Å². The third-order valence-corrected chi connectivity index (χ3v) is 5.06. The Morgan fingerprint density at radius 3 is 2.64 bits per heavy atom. The number of amides is 1. The van der Waals surface area contributed by atoms with Crippen LogP contribution in [0.5, 0.6) is 0 Å². The summed E-state index contributed by atoms with van der Waals surface area (Å²) in [7, 11) is 0. The number of aliphatic carboxylic acids is 1. The zero-order chi connectivity index (χ0) is 18.0. The summed E-state index contributed by atoms with van der Waals surface area (Å²) in [6.45, 7) is 0.793. The molecule has 1 fully saturated rings. The van der Waals surface area contributed by atoms with Gasteiger partial charge in [0.25, 0.3) is 11.7 Å². The first-order chi connectivity index (χ1) is 11.9. The highest BCUT2D eigenvalue weighted by atomic mass is 32.2. The number of carboxylic acids is 1. The van der Waals surface area contributed by atoms with Crippen molar-refractivity contribution in [1.82, 2.24) is 4.90 Å². The predicted molar refractivity (Wildman–Crippen MR) is 86.9 cm³/mol. The summed E-state index contributed by atoms with van der Waals surface area (Å²) < 4.78 is 24.9. The lowest BCUT2D eigenvalue weighted by atomic mass is 9.86. The van der Waals surface area contributed by atoms with Crippen LogP contribution in [0.4, 0.5) is 8.78 Å². The number of carbonyl (C=O) groups excluding carboxylic acids is 1. The molecule has 2 heterocycles. The highest BCUT2D eigenvalue weighted by Gasteiger charge is 2.44. The zero-order valence-electron chi connectivity index (χ0n) is 13.2. The molecule has 3 rings (SSSR count). The molecule has 0 radical (unpaired) electrons. The average Bonchev–Trinajstić information content (AvgIpc) is 2.99. The van der Waals surface area contributed by atoms with Crippen molar-refractivity contribution in [3.8, 4) is 0 Å². The fraction of sp³-hybridized carbons (Fsp3) is 0.438. The molecule has 1 amide bonds. The number of carbonyl (C=O) groups is 2. The third kappa shape index (κ3) is 3.92. The molecule has 134 valence electrons. The van der Waals surface area contributed by atoms with Crippen LogP contribution in [0.1, 0.15) is 29.6 Å². The largest absolute Gasteiger partial charge is 0.477 e. The second-order valence-electron chi connectivity index (χ2n) is 5.99. The normalized spacial score (nSPS) is 19.0. The fourth-order valence-corrected chi connectivity index (χ4v) is 3.57. The maximum absolute atomic E-state index is 12.6. The van der Waals surface area contributed by atoms with Gasteiger partial charge in [-0.2, -0.15) is 8.78 Å². The van der Waals surface area contributed by atoms with Crippen LogP contribution in [0, 0.1) is 0 Å². The minimum atomic E-state index is -2.54. The highest BCUT2D eigenvalue weighted by molar-refractivity contribution is 7.99. The van der Waals surface area contributed by atoms with Gasteiger partial charge >= 0.3 is 5.97 Å². The summed E-state index contributed by atoms with van der Waals surface area (Å²) in [6.07, 6.45) is 1.18. The van der Waals surface area contributed by atoms with E-state index in [0.29, 0.717) is 48.2 Å². The van der Waals surface area contributed by atoms with E-state index in [-0.39, 0.29) is 18.0 Å². The fourth-order valence-electron chi connectivity index (χ4n) is 3.01. The Bertz CT molecular complexity index is 718. The van der Waals surface area contributed by atoms with Crippen molar-refractivity contribution < 1.29 is 28.3 Å². The van der Waals surface area contributed by atoms with Crippen molar-refractivity contribution in [3.63, 3.8) is 0 Å². The van der Waals surface area contributed by atoms with Crippen molar-refractivity contribution in [3.05, 3.63) is 29.8 Å². The molecule has 1 N–H and O–H groups in total. The van der Waals surface area contributed by atoms with Crippen molar-refractivity contribution in [2.24, 2.45) is 5.16 Å². The van der Waals surface area contributed by atoms with Gasteiger partial charge in [0.15, 0.2) is 5.71 Å². The molecule has 0 unspecified atom stereocenters. The quantitative estimate of drug-likeness (QED) is 0.825. The molecular weight excluding hydrogens is 354 g/mol. The molecular formula is C16H16F2N2O4S. The maximum Gasteiger partial charge on any atom is 0.353 e. The molecule has 9 heteroatoms. The van der Waals surface area contributed by atoms with Gasteiger partial charge in [0.1, 0.15) is 5.60 Å². The van der Waals surface area contributed by atoms with Gasteiger partial charge in [-0.3, -0.25) is 4.79 Å². The molecule has 25 heavy (non-hydrogen) atoms. The van der Waals surface area contributed by atoms with E-state index >= 15 is 0 Å². The molecule has 1 aromatic carbocycles. The smallest absolute Gasteiger partial charge is 0.353 e. The number of hydrogen-bond acceptors (Lipinski definition) is 5. The van der Waals surface area contributed by atoms with Crippen molar-refractivity contribution in [1.29, 1.82) is 0 Å². The van der Waals surface area contributed by atoms with Gasteiger partial charge in [0.05, 0.1) is 0 Å². The molecule has 0 aromatic heterocycles. The molecule has 1 spiro atoms. The van der Waals surface area contributed by atoms with Crippen molar-refractivity contribution in [2.45, 2.75) is 35.5 Å². The Morgan fingerprint density at radius 1 is 1.32 bits per heavy atom. The molecule has 0 aliphatic carbocycles. The van der Waals surface area contributed by atoms with Crippen LogP contribution < -0.4 is 0 Å². The van der Waals surface area contributed by atoms with E-state index in [1.165, 1.54) is 12.1 Å². The van der Waals surface area contributed by atoms with E-state index in [9.17, 15) is 18.4 Å². The van der Waals surface area contributed by atoms with Crippen LogP contribution in [-0.2, 0) is 9.63 Å². The molecule has 1 aromatic rings. The van der Waals surface area contributed by atoms with Gasteiger partial charge in [-0.25, -0.2) is 4.79 Å². The number of hydrogen-bond donors (Lipinski definition) is 1. The number of benzene rings is 1. The summed E-state index contributed by atoms with van der Waals surface area (Å²) in [5.74, 6) is -3.86. The number of rotatable bonds is 4. The SMILES string of the molecule is O=C(O)C1=NOC2(CCN(C(=O)c3cccc(SC(F)F)c3)CC2)C1. The van der Waals surface area contributed by atoms with Crippen LogP contribution in [-0.4, -0.2) is 52.0 Å². The van der Waals surface area contributed by atoms with Crippen LogP contribution in [0.3, 0.4) is 0 Å². The van der Waals surface area contributed by atoms with E-state index in [1.807, 2.05) is 0 Å². The molecule has 0 atom stereocenters. The number of likely N-dealkylation sites (tertiary alicyclic amines) is 1. The molecule has 2 aliphatic rings. The van der Waals surface area contributed by atoms with Crippen LogP contribution in [0.2, 0.25) is 0 Å². The minimum absolute atomic E-state index is 0.00324. The summed E-state index contributed by atoms with van der Waals surface area (Å²) in [5.41, 5.74) is -0.300. The molecule has 1 saturated heterocycles. The number of thioether (sulfide) groups is 1. The Hall–Kier alpha value is -2.16. The maximum atomic E-state index is 12.6. The Morgan fingerprint density at radius 2 is 2.04 bits per heavy atom. The second-order valence-corrected chi connectivity index (χ2v) is 7.06. The van der Waals surface area contributed by atoms with Gasteiger partial charge in [-0.1, -0.05) is 23.0 Å². The van der Waals surface area contributed by atoms with Crippen LogP contribution in [0.25, 0.3) is 0 Å². The molecule has 0 saturated carbocycles. The van der Waals surface area contributed by atoms with E-state index in [0.717, 1.165) is 0 Å². The standard InChI is InChI=1S/C16H16F2N2O4S/c17-15(18)25-11-3-1-2-10(8-11)13(21)20-6-4-16(5-7-20)9-12(14(22)23)19-24-16/h1-3,8,15H,4-7,9H2,(H,22,23). The Balaban J connectivity index is 1.62. The minimum Gasteiger partial charge on any atom is -0.477 e. The topological polar surface area (TPSA) is 79.2 Å². The van der Waals surface area contributed by atoms with Gasteiger partial charge < -0.3 is 14.8 Å². The van der Waals surface area contributed by atoms with E-state index in [2.05, 4.69) is 5.16 Å². The number of halogens is 2. The molecule has 0 bridgehead atoms. The van der Waals surface area contributed by atoms with E-state index in [4.69, 9.17) is 9.94 Å². The number of piperidine rings is 1. The molecule has 2 aliphatic heterocycles. The predicted octanol–water partition coefficient (Wildman–Crippen LogP) is 2.84. The van der Waals surface area contributed by atoms with Gasteiger partial charge in [0, 0.05) is 42.8 Å². The van der Waals surface area contributed by atoms with Gasteiger partial charge in [-0.05, 0) is 18.2 Å². The summed E-state index contributed by atoms with van der Waals surface area (Å²) in [5, 5.41) is 12.6. The summed E-state index contributed by atoms with van der Waals surface area (Å²) in [6, 6.07) is 6.17. The summed E-state index contributed by atoms with van der Waals surface area (Å²) >= 11 is 0.400. The lowest BCUT2D eigenvalue weighted by Gasteiger charge is -2.37. The first-order valence-corrected chi connectivity index (χ1v) is 8.59. The lowest BCUT2D eigenvalue weighted by Crippen LogP contribution is -2.47. The number of nitrogens with zero attached hydrogens (tertiary/aromatic N) is 2. The summed E-state index contributed by atoms with van der Waals surface area (Å²) in [4.78, 5) is 30.8. The van der Waals surface area contributed by atoms with Crippen LogP contribution in [0.15, 0.2) is 34.3 Å². The van der Waals surface area contributed by atoms with Crippen molar-refractivity contribution >= 4 is 29.4 Å². The van der Waals surface area contributed by atoms with Crippen molar-refractivity contribution in [2.75, 3.05) is 13.1 Å². The van der Waals surface area contributed by atoms with Crippen LogP contribution >= 0.6 is 11.8 Å². The number of carboxylic acid groups (broad SMARTS) is 1. The third-order valence-electron chi connectivity index (χ3n) is 4.35. The first kappa shape index (κ1) is 17.7. The average molecular weight is 370 g/mol.